The largest absolute Gasteiger partial charge is 0.482 e. The molecular formula is C18H25N3O5. The van der Waals surface area contributed by atoms with Gasteiger partial charge in [-0.3, -0.25) is 14.6 Å². The van der Waals surface area contributed by atoms with E-state index in [-0.39, 0.29) is 37.7 Å². The SMILES string of the molecule is CC(C)N1CC2(COCC1=O)CN(C(=O)COc1cccnc1)CCO2. The zero-order valence-corrected chi connectivity index (χ0v) is 15.2. The predicted molar refractivity (Wildman–Crippen MR) is 92.7 cm³/mol. The molecule has 3 heterocycles. The maximum atomic E-state index is 12.6. The van der Waals surface area contributed by atoms with Crippen molar-refractivity contribution in [3.05, 3.63) is 24.5 Å². The van der Waals surface area contributed by atoms with E-state index in [1.54, 1.807) is 34.3 Å². The maximum Gasteiger partial charge on any atom is 0.260 e. The first-order valence-corrected chi connectivity index (χ1v) is 8.81. The molecule has 1 aromatic heterocycles. The van der Waals surface area contributed by atoms with E-state index in [0.29, 0.717) is 32.0 Å². The summed E-state index contributed by atoms with van der Waals surface area (Å²) < 4.78 is 17.0. The van der Waals surface area contributed by atoms with Crippen LogP contribution in [0.1, 0.15) is 13.8 Å². The lowest BCUT2D eigenvalue weighted by Crippen LogP contribution is -2.61. The fourth-order valence-electron chi connectivity index (χ4n) is 3.23. The number of amides is 2. The van der Waals surface area contributed by atoms with E-state index >= 15 is 0 Å². The van der Waals surface area contributed by atoms with E-state index in [4.69, 9.17) is 14.2 Å². The van der Waals surface area contributed by atoms with Crippen LogP contribution in [0.3, 0.4) is 0 Å². The normalized spacial score (nSPS) is 24.0. The summed E-state index contributed by atoms with van der Waals surface area (Å²) in [5, 5.41) is 0. The molecule has 2 amide bonds. The third-order valence-corrected chi connectivity index (χ3v) is 4.59. The molecular weight excluding hydrogens is 338 g/mol. The lowest BCUT2D eigenvalue weighted by molar-refractivity contribution is -0.164. The Morgan fingerprint density at radius 3 is 3.00 bits per heavy atom. The first kappa shape index (κ1) is 18.6. The highest BCUT2D eigenvalue weighted by Crippen LogP contribution is 2.24. The summed E-state index contributed by atoms with van der Waals surface area (Å²) in [6.07, 6.45) is 3.22. The van der Waals surface area contributed by atoms with Crippen LogP contribution in [0, 0.1) is 0 Å². The van der Waals surface area contributed by atoms with Crippen LogP contribution in [-0.4, -0.2) is 84.3 Å². The molecule has 0 aliphatic carbocycles. The number of morpholine rings is 1. The maximum absolute atomic E-state index is 12.6. The van der Waals surface area contributed by atoms with Crippen LogP contribution >= 0.6 is 0 Å². The van der Waals surface area contributed by atoms with Crippen molar-refractivity contribution >= 4 is 11.8 Å². The van der Waals surface area contributed by atoms with Gasteiger partial charge in [-0.1, -0.05) is 0 Å². The number of pyridine rings is 1. The summed E-state index contributed by atoms with van der Waals surface area (Å²) in [5.74, 6) is 0.380. The Balaban J connectivity index is 1.64. The molecule has 3 rings (SSSR count). The Morgan fingerprint density at radius 1 is 1.42 bits per heavy atom. The minimum absolute atomic E-state index is 0.0430. The summed E-state index contributed by atoms with van der Waals surface area (Å²) >= 11 is 0. The van der Waals surface area contributed by atoms with Crippen molar-refractivity contribution in [3.63, 3.8) is 0 Å². The smallest absolute Gasteiger partial charge is 0.260 e. The van der Waals surface area contributed by atoms with Crippen LogP contribution in [0.5, 0.6) is 5.75 Å². The number of aromatic nitrogens is 1. The molecule has 0 bridgehead atoms. The molecule has 1 unspecified atom stereocenters. The van der Waals surface area contributed by atoms with Gasteiger partial charge >= 0.3 is 0 Å². The highest BCUT2D eigenvalue weighted by molar-refractivity contribution is 5.79. The van der Waals surface area contributed by atoms with Crippen molar-refractivity contribution in [1.82, 2.24) is 14.8 Å². The monoisotopic (exact) mass is 363 g/mol. The first-order valence-electron chi connectivity index (χ1n) is 8.81. The Bertz CT molecular complexity index is 639. The summed E-state index contributed by atoms with van der Waals surface area (Å²) in [6, 6.07) is 3.56. The highest BCUT2D eigenvalue weighted by Gasteiger charge is 2.43. The number of carbonyl (C=O) groups is 2. The molecule has 26 heavy (non-hydrogen) atoms. The van der Waals surface area contributed by atoms with E-state index in [0.717, 1.165) is 0 Å². The second-order valence-corrected chi connectivity index (χ2v) is 6.93. The molecule has 8 nitrogen and oxygen atoms in total. The van der Waals surface area contributed by atoms with Gasteiger partial charge in [0.15, 0.2) is 6.61 Å². The van der Waals surface area contributed by atoms with Gasteiger partial charge in [0.1, 0.15) is 18.0 Å². The third kappa shape index (κ3) is 4.31. The van der Waals surface area contributed by atoms with Gasteiger partial charge < -0.3 is 24.0 Å². The zero-order valence-electron chi connectivity index (χ0n) is 15.2. The van der Waals surface area contributed by atoms with Crippen molar-refractivity contribution in [2.75, 3.05) is 46.1 Å². The Hall–Kier alpha value is -2.19. The third-order valence-electron chi connectivity index (χ3n) is 4.59. The molecule has 1 spiro atoms. The first-order chi connectivity index (χ1) is 12.5. The van der Waals surface area contributed by atoms with E-state index in [9.17, 15) is 9.59 Å². The van der Waals surface area contributed by atoms with Gasteiger partial charge in [-0.15, -0.1) is 0 Å². The van der Waals surface area contributed by atoms with Gasteiger partial charge in [0.2, 0.25) is 5.91 Å². The van der Waals surface area contributed by atoms with Crippen molar-refractivity contribution in [1.29, 1.82) is 0 Å². The number of hydrogen-bond donors (Lipinski definition) is 0. The molecule has 0 radical (unpaired) electrons. The molecule has 142 valence electrons. The summed E-state index contributed by atoms with van der Waals surface area (Å²) in [7, 11) is 0. The minimum Gasteiger partial charge on any atom is -0.482 e. The van der Waals surface area contributed by atoms with Crippen LogP contribution in [0.2, 0.25) is 0 Å². The average Bonchev–Trinajstić information content (AvgIpc) is 2.80. The van der Waals surface area contributed by atoms with Crippen molar-refractivity contribution in [2.45, 2.75) is 25.5 Å². The number of hydrogen-bond acceptors (Lipinski definition) is 6. The quantitative estimate of drug-likeness (QED) is 0.767. The van der Waals surface area contributed by atoms with Gasteiger partial charge in [0, 0.05) is 18.8 Å². The number of nitrogens with zero attached hydrogens (tertiary/aromatic N) is 3. The fraction of sp³-hybridized carbons (Fsp3) is 0.611. The summed E-state index contributed by atoms with van der Waals surface area (Å²) in [5.41, 5.74) is -0.696. The molecule has 2 aliphatic heterocycles. The fourth-order valence-corrected chi connectivity index (χ4v) is 3.23. The molecule has 0 N–H and O–H groups in total. The van der Waals surface area contributed by atoms with E-state index in [1.807, 2.05) is 13.8 Å². The molecule has 8 heteroatoms. The van der Waals surface area contributed by atoms with Crippen LogP contribution in [-0.2, 0) is 19.1 Å². The molecule has 0 aromatic carbocycles. The Labute approximate surface area is 153 Å². The van der Waals surface area contributed by atoms with Crippen LogP contribution in [0.4, 0.5) is 0 Å². The van der Waals surface area contributed by atoms with Crippen molar-refractivity contribution < 1.29 is 23.8 Å². The number of carbonyl (C=O) groups excluding carboxylic acids is 2. The molecule has 1 aromatic rings. The van der Waals surface area contributed by atoms with Crippen LogP contribution < -0.4 is 4.74 Å². The molecule has 2 aliphatic rings. The van der Waals surface area contributed by atoms with E-state index < -0.39 is 5.60 Å². The molecule has 0 saturated carbocycles. The Kier molecular flexibility index (Phi) is 5.73. The zero-order chi connectivity index (χ0) is 18.6. The second kappa shape index (κ2) is 8.01. The van der Waals surface area contributed by atoms with E-state index in [2.05, 4.69) is 4.98 Å². The van der Waals surface area contributed by atoms with Gasteiger partial charge in [-0.05, 0) is 26.0 Å². The van der Waals surface area contributed by atoms with Crippen LogP contribution in [0.15, 0.2) is 24.5 Å². The van der Waals surface area contributed by atoms with Crippen LogP contribution in [0.25, 0.3) is 0 Å². The number of ether oxygens (including phenoxy) is 3. The topological polar surface area (TPSA) is 81.2 Å². The van der Waals surface area contributed by atoms with Gasteiger partial charge in [-0.2, -0.15) is 0 Å². The summed E-state index contributed by atoms with van der Waals surface area (Å²) in [4.78, 5) is 32.2. The predicted octanol–water partition coefficient (Wildman–Crippen LogP) is 0.325. The molecule has 1 atom stereocenters. The average molecular weight is 363 g/mol. The number of rotatable bonds is 4. The Morgan fingerprint density at radius 2 is 2.27 bits per heavy atom. The minimum atomic E-state index is -0.696. The van der Waals surface area contributed by atoms with E-state index in [1.165, 1.54) is 0 Å². The van der Waals surface area contributed by atoms with Crippen molar-refractivity contribution in [2.24, 2.45) is 0 Å². The molecule has 2 saturated heterocycles. The summed E-state index contributed by atoms with van der Waals surface area (Å²) in [6.45, 7) is 5.88. The highest BCUT2D eigenvalue weighted by atomic mass is 16.6. The second-order valence-electron chi connectivity index (χ2n) is 6.93. The van der Waals surface area contributed by atoms with Gasteiger partial charge in [-0.25, -0.2) is 0 Å². The lowest BCUT2D eigenvalue weighted by atomic mass is 10.0. The lowest BCUT2D eigenvalue weighted by Gasteiger charge is -2.43. The van der Waals surface area contributed by atoms with Gasteiger partial charge in [0.05, 0.1) is 32.5 Å². The van der Waals surface area contributed by atoms with Crippen molar-refractivity contribution in [3.8, 4) is 5.75 Å². The van der Waals surface area contributed by atoms with Gasteiger partial charge in [0.25, 0.3) is 5.91 Å². The molecule has 2 fully saturated rings. The standard InChI is InChI=1S/C18H25N3O5/c1-14(2)21-12-18(13-24-9-17(21)23)11-20(6-7-26-18)16(22)10-25-15-4-3-5-19-8-15/h3-5,8,14H,6-7,9-13H2,1-2H3.